The zero-order valence-corrected chi connectivity index (χ0v) is 9.93. The highest BCUT2D eigenvalue weighted by Crippen LogP contribution is 2.23. The van der Waals surface area contributed by atoms with Crippen molar-refractivity contribution >= 4 is 5.69 Å². The van der Waals surface area contributed by atoms with Gasteiger partial charge in [-0.05, 0) is 32.4 Å². The van der Waals surface area contributed by atoms with Crippen LogP contribution in [0.5, 0.6) is 0 Å². The number of rotatable bonds is 2. The van der Waals surface area contributed by atoms with Crippen LogP contribution in [0.2, 0.25) is 0 Å². The van der Waals surface area contributed by atoms with Crippen molar-refractivity contribution in [3.05, 3.63) is 22.6 Å². The van der Waals surface area contributed by atoms with Crippen LogP contribution in [0.15, 0.2) is 17.1 Å². The van der Waals surface area contributed by atoms with E-state index in [1.807, 2.05) is 0 Å². The maximum Gasteiger partial charge on any atom is 0.266 e. The summed E-state index contributed by atoms with van der Waals surface area (Å²) in [5.74, 6) is 0. The second-order valence-electron chi connectivity index (χ2n) is 4.94. The minimum Gasteiger partial charge on any atom is -0.368 e. The molecule has 2 fully saturated rings. The van der Waals surface area contributed by atoms with E-state index in [0.29, 0.717) is 6.04 Å². The standard InChI is InChI=1S/C12H18N4O/c17-12-7-11(8-13-14-12)16-6-3-10(9-16)15-4-1-2-5-15/h7-8,10H,1-6,9H2,(H,14,17). The predicted octanol–water partition coefficient (Wildman–Crippen LogP) is 0.444. The van der Waals surface area contributed by atoms with Crippen LogP contribution in [0.4, 0.5) is 5.69 Å². The maximum absolute atomic E-state index is 11.2. The lowest BCUT2D eigenvalue weighted by Crippen LogP contribution is -2.35. The van der Waals surface area contributed by atoms with Gasteiger partial charge in [0, 0.05) is 25.2 Å². The highest BCUT2D eigenvalue weighted by molar-refractivity contribution is 5.44. The fourth-order valence-electron chi connectivity index (χ4n) is 2.92. The monoisotopic (exact) mass is 234 g/mol. The number of nitrogens with one attached hydrogen (secondary N) is 1. The molecule has 2 aliphatic rings. The predicted molar refractivity (Wildman–Crippen MR) is 66.3 cm³/mol. The average Bonchev–Trinajstić information content (AvgIpc) is 3.00. The van der Waals surface area contributed by atoms with Crippen molar-refractivity contribution in [3.8, 4) is 0 Å². The van der Waals surface area contributed by atoms with Gasteiger partial charge in [0.2, 0.25) is 0 Å². The number of aromatic nitrogens is 2. The van der Waals surface area contributed by atoms with E-state index >= 15 is 0 Å². The highest BCUT2D eigenvalue weighted by atomic mass is 16.1. The summed E-state index contributed by atoms with van der Waals surface area (Å²) in [6.07, 6.45) is 5.62. The Hall–Kier alpha value is -1.36. The summed E-state index contributed by atoms with van der Waals surface area (Å²) < 4.78 is 0. The van der Waals surface area contributed by atoms with Gasteiger partial charge in [0.25, 0.3) is 5.56 Å². The quantitative estimate of drug-likeness (QED) is 0.807. The first-order valence-electron chi connectivity index (χ1n) is 6.37. The molecule has 1 atom stereocenters. The van der Waals surface area contributed by atoms with Crippen molar-refractivity contribution in [1.29, 1.82) is 0 Å². The molecule has 1 N–H and O–H groups in total. The van der Waals surface area contributed by atoms with Gasteiger partial charge in [0.05, 0.1) is 11.9 Å². The van der Waals surface area contributed by atoms with E-state index in [2.05, 4.69) is 20.0 Å². The van der Waals surface area contributed by atoms with Crippen molar-refractivity contribution in [1.82, 2.24) is 15.1 Å². The molecule has 3 heterocycles. The molecule has 0 bridgehead atoms. The van der Waals surface area contributed by atoms with Gasteiger partial charge in [0.1, 0.15) is 0 Å². The Morgan fingerprint density at radius 3 is 2.88 bits per heavy atom. The van der Waals surface area contributed by atoms with Crippen LogP contribution in [0, 0.1) is 0 Å². The second kappa shape index (κ2) is 4.49. The molecule has 17 heavy (non-hydrogen) atoms. The van der Waals surface area contributed by atoms with Crippen molar-refractivity contribution in [2.24, 2.45) is 0 Å². The Morgan fingerprint density at radius 1 is 1.29 bits per heavy atom. The zero-order chi connectivity index (χ0) is 11.7. The first-order chi connectivity index (χ1) is 8.33. The van der Waals surface area contributed by atoms with Crippen molar-refractivity contribution in [3.63, 3.8) is 0 Å². The Kier molecular flexibility index (Phi) is 2.84. The van der Waals surface area contributed by atoms with E-state index in [9.17, 15) is 4.79 Å². The number of hydrogen-bond acceptors (Lipinski definition) is 4. The van der Waals surface area contributed by atoms with Crippen LogP contribution in [0.25, 0.3) is 0 Å². The van der Waals surface area contributed by atoms with Crippen molar-refractivity contribution in [2.75, 3.05) is 31.1 Å². The molecule has 0 saturated carbocycles. The number of anilines is 1. The summed E-state index contributed by atoms with van der Waals surface area (Å²) in [6, 6.07) is 2.30. The first kappa shape index (κ1) is 10.8. The van der Waals surface area contributed by atoms with Crippen molar-refractivity contribution in [2.45, 2.75) is 25.3 Å². The molecule has 2 saturated heterocycles. The maximum atomic E-state index is 11.2. The zero-order valence-electron chi connectivity index (χ0n) is 9.93. The van der Waals surface area contributed by atoms with Gasteiger partial charge in [-0.2, -0.15) is 5.10 Å². The van der Waals surface area contributed by atoms with Crippen LogP contribution < -0.4 is 10.5 Å². The van der Waals surface area contributed by atoms with E-state index in [-0.39, 0.29) is 5.56 Å². The summed E-state index contributed by atoms with van der Waals surface area (Å²) in [6.45, 7) is 4.55. The normalized spacial score (nSPS) is 25.6. The molecule has 2 aliphatic heterocycles. The number of nitrogens with zero attached hydrogens (tertiary/aromatic N) is 3. The molecule has 5 heteroatoms. The molecule has 1 aromatic heterocycles. The first-order valence-corrected chi connectivity index (χ1v) is 6.37. The topological polar surface area (TPSA) is 52.2 Å². The van der Waals surface area contributed by atoms with Gasteiger partial charge >= 0.3 is 0 Å². The van der Waals surface area contributed by atoms with Crippen LogP contribution in [0.3, 0.4) is 0 Å². The molecule has 0 aromatic carbocycles. The Balaban J connectivity index is 1.69. The fourth-order valence-corrected chi connectivity index (χ4v) is 2.92. The number of likely N-dealkylation sites (tertiary alicyclic amines) is 1. The van der Waals surface area contributed by atoms with Gasteiger partial charge in [-0.1, -0.05) is 0 Å². The van der Waals surface area contributed by atoms with E-state index in [4.69, 9.17) is 0 Å². The van der Waals surface area contributed by atoms with Gasteiger partial charge in [-0.3, -0.25) is 9.69 Å². The minimum atomic E-state index is -0.118. The van der Waals surface area contributed by atoms with Crippen LogP contribution >= 0.6 is 0 Å². The summed E-state index contributed by atoms with van der Waals surface area (Å²) in [4.78, 5) is 16.1. The van der Waals surface area contributed by atoms with Crippen LogP contribution in [-0.4, -0.2) is 47.3 Å². The van der Waals surface area contributed by atoms with Gasteiger partial charge in [-0.25, -0.2) is 5.10 Å². The second-order valence-corrected chi connectivity index (χ2v) is 4.94. The number of H-pyrrole nitrogens is 1. The van der Waals surface area contributed by atoms with Gasteiger partial charge < -0.3 is 4.90 Å². The van der Waals surface area contributed by atoms with E-state index in [0.717, 1.165) is 18.8 Å². The Morgan fingerprint density at radius 2 is 2.12 bits per heavy atom. The molecule has 0 aliphatic carbocycles. The summed E-state index contributed by atoms with van der Waals surface area (Å²) in [7, 11) is 0. The van der Waals surface area contributed by atoms with E-state index < -0.39 is 0 Å². The lowest BCUT2D eigenvalue weighted by molar-refractivity contribution is 0.260. The largest absolute Gasteiger partial charge is 0.368 e. The molecule has 5 nitrogen and oxygen atoms in total. The summed E-state index contributed by atoms with van der Waals surface area (Å²) in [5.41, 5.74) is 0.836. The Bertz CT molecular complexity index is 438. The fraction of sp³-hybridized carbons (Fsp3) is 0.667. The Labute approximate surface area is 100 Å². The molecule has 0 radical (unpaired) electrons. The lowest BCUT2D eigenvalue weighted by atomic mass is 10.2. The van der Waals surface area contributed by atoms with Crippen LogP contribution in [0.1, 0.15) is 19.3 Å². The molecular weight excluding hydrogens is 216 g/mol. The number of aromatic amines is 1. The molecule has 92 valence electrons. The van der Waals surface area contributed by atoms with Gasteiger partial charge in [-0.15, -0.1) is 0 Å². The highest BCUT2D eigenvalue weighted by Gasteiger charge is 2.29. The molecular formula is C12H18N4O. The van der Waals surface area contributed by atoms with Crippen LogP contribution in [-0.2, 0) is 0 Å². The molecule has 0 amide bonds. The molecule has 1 unspecified atom stereocenters. The lowest BCUT2D eigenvalue weighted by Gasteiger charge is -2.24. The summed E-state index contributed by atoms with van der Waals surface area (Å²) >= 11 is 0. The van der Waals surface area contributed by atoms with E-state index in [1.54, 1.807) is 12.3 Å². The molecule has 3 rings (SSSR count). The number of hydrogen-bond donors (Lipinski definition) is 1. The molecule has 1 aromatic rings. The minimum absolute atomic E-state index is 0.118. The smallest absolute Gasteiger partial charge is 0.266 e. The molecule has 0 spiro atoms. The average molecular weight is 234 g/mol. The van der Waals surface area contributed by atoms with E-state index in [1.165, 1.54) is 32.4 Å². The third-order valence-electron chi connectivity index (χ3n) is 3.84. The third-order valence-corrected chi connectivity index (χ3v) is 3.84. The SMILES string of the molecule is O=c1cc(N2CCC(N3CCCC3)C2)cn[nH]1. The van der Waals surface area contributed by atoms with Gasteiger partial charge in [0.15, 0.2) is 0 Å². The third kappa shape index (κ3) is 2.20. The summed E-state index contributed by atoms with van der Waals surface area (Å²) in [5, 5.41) is 6.28. The van der Waals surface area contributed by atoms with Crippen molar-refractivity contribution < 1.29 is 0 Å².